The molecule has 2 aromatic carbocycles. The van der Waals surface area contributed by atoms with Crippen LogP contribution in [0.5, 0.6) is 11.5 Å². The van der Waals surface area contributed by atoms with E-state index in [0.717, 1.165) is 24.2 Å². The summed E-state index contributed by atoms with van der Waals surface area (Å²) in [6.45, 7) is 6.78. The summed E-state index contributed by atoms with van der Waals surface area (Å²) >= 11 is 0. The minimum absolute atomic E-state index is 0.0231. The lowest BCUT2D eigenvalue weighted by atomic mass is 10.1. The van der Waals surface area contributed by atoms with Crippen molar-refractivity contribution in [2.24, 2.45) is 0 Å². The van der Waals surface area contributed by atoms with Gasteiger partial charge in [0, 0.05) is 25.3 Å². The highest BCUT2D eigenvalue weighted by atomic mass is 16.5. The largest absolute Gasteiger partial charge is 0.493 e. The van der Waals surface area contributed by atoms with Crippen LogP contribution >= 0.6 is 0 Å². The maximum Gasteiger partial charge on any atom is 0.224 e. The van der Waals surface area contributed by atoms with E-state index in [1.165, 1.54) is 5.69 Å². The van der Waals surface area contributed by atoms with Gasteiger partial charge in [-0.2, -0.15) is 0 Å². The van der Waals surface area contributed by atoms with Gasteiger partial charge in [0.25, 0.3) is 0 Å². The van der Waals surface area contributed by atoms with E-state index < -0.39 is 0 Å². The molecular weight excluding hydrogens is 328 g/mol. The lowest BCUT2D eigenvalue weighted by molar-refractivity contribution is -0.120. The fourth-order valence-corrected chi connectivity index (χ4v) is 2.85. The molecule has 0 aromatic heterocycles. The molecule has 1 N–H and O–H groups in total. The topological polar surface area (TPSA) is 50.8 Å². The lowest BCUT2D eigenvalue weighted by Crippen LogP contribution is -2.25. The molecule has 26 heavy (non-hydrogen) atoms. The lowest BCUT2D eigenvalue weighted by Gasteiger charge is -2.21. The molecule has 0 unspecified atom stereocenters. The van der Waals surface area contributed by atoms with E-state index in [0.29, 0.717) is 24.5 Å². The van der Waals surface area contributed by atoms with Crippen molar-refractivity contribution < 1.29 is 14.3 Å². The van der Waals surface area contributed by atoms with Gasteiger partial charge in [-0.25, -0.2) is 0 Å². The summed E-state index contributed by atoms with van der Waals surface area (Å²) in [5.41, 5.74) is 3.18. The molecule has 0 atom stereocenters. The number of nitrogens with one attached hydrogen (secondary N) is 1. The Morgan fingerprint density at radius 2 is 1.54 bits per heavy atom. The van der Waals surface area contributed by atoms with Crippen LogP contribution in [0.4, 0.5) is 5.69 Å². The molecule has 0 saturated heterocycles. The first-order chi connectivity index (χ1) is 12.6. The van der Waals surface area contributed by atoms with Gasteiger partial charge in [0.1, 0.15) is 0 Å². The molecule has 0 aliphatic carbocycles. The highest BCUT2D eigenvalue weighted by molar-refractivity contribution is 5.78. The first kappa shape index (κ1) is 19.6. The van der Waals surface area contributed by atoms with E-state index in [1.807, 2.05) is 18.2 Å². The maximum atomic E-state index is 12.2. The van der Waals surface area contributed by atoms with Crippen LogP contribution in [0.1, 0.15) is 25.0 Å². The third-order valence-corrected chi connectivity index (χ3v) is 4.37. The van der Waals surface area contributed by atoms with Crippen LogP contribution in [0.3, 0.4) is 0 Å². The van der Waals surface area contributed by atoms with Gasteiger partial charge >= 0.3 is 0 Å². The highest BCUT2D eigenvalue weighted by Crippen LogP contribution is 2.27. The monoisotopic (exact) mass is 356 g/mol. The summed E-state index contributed by atoms with van der Waals surface area (Å²) in [7, 11) is 3.18. The normalized spacial score (nSPS) is 10.3. The van der Waals surface area contributed by atoms with Gasteiger partial charge in [0.15, 0.2) is 11.5 Å². The summed E-state index contributed by atoms with van der Waals surface area (Å²) < 4.78 is 10.5. The zero-order chi connectivity index (χ0) is 18.9. The van der Waals surface area contributed by atoms with Crippen LogP contribution in [-0.2, 0) is 17.8 Å². The SMILES string of the molecule is CCN(CC)c1ccc(CNC(=O)Cc2ccc(OC)c(OC)c2)cc1. The number of carbonyl (C=O) groups excluding carboxylic acids is 1. The van der Waals surface area contributed by atoms with Crippen molar-refractivity contribution >= 4 is 11.6 Å². The second-order valence-electron chi connectivity index (χ2n) is 5.98. The summed E-state index contributed by atoms with van der Waals surface area (Å²) in [6, 6.07) is 13.8. The van der Waals surface area contributed by atoms with Crippen LogP contribution in [0.15, 0.2) is 42.5 Å². The van der Waals surface area contributed by atoms with E-state index in [4.69, 9.17) is 9.47 Å². The van der Waals surface area contributed by atoms with Gasteiger partial charge in [-0.05, 0) is 49.2 Å². The van der Waals surface area contributed by atoms with E-state index in [9.17, 15) is 4.79 Å². The smallest absolute Gasteiger partial charge is 0.224 e. The Morgan fingerprint density at radius 1 is 0.923 bits per heavy atom. The van der Waals surface area contributed by atoms with Gasteiger partial charge in [-0.15, -0.1) is 0 Å². The van der Waals surface area contributed by atoms with Crippen LogP contribution in [0.25, 0.3) is 0 Å². The minimum atomic E-state index is -0.0231. The molecule has 0 fully saturated rings. The van der Waals surface area contributed by atoms with E-state index in [1.54, 1.807) is 14.2 Å². The number of methoxy groups -OCH3 is 2. The van der Waals surface area contributed by atoms with Crippen LogP contribution in [0, 0.1) is 0 Å². The molecule has 2 rings (SSSR count). The number of hydrogen-bond acceptors (Lipinski definition) is 4. The number of hydrogen-bond donors (Lipinski definition) is 1. The first-order valence-corrected chi connectivity index (χ1v) is 8.92. The Kier molecular flexibility index (Phi) is 7.33. The molecule has 5 nitrogen and oxygen atoms in total. The number of carbonyl (C=O) groups is 1. The van der Waals surface area contributed by atoms with Crippen molar-refractivity contribution in [2.45, 2.75) is 26.8 Å². The quantitative estimate of drug-likeness (QED) is 0.748. The molecular formula is C21H28N2O3. The van der Waals surface area contributed by atoms with Crippen molar-refractivity contribution in [1.82, 2.24) is 5.32 Å². The Labute approximate surface area is 155 Å². The van der Waals surface area contributed by atoms with Crippen molar-refractivity contribution in [3.8, 4) is 11.5 Å². The standard InChI is InChI=1S/C21H28N2O3/c1-5-23(6-2)18-10-7-16(8-11-18)15-22-21(24)14-17-9-12-19(25-3)20(13-17)26-4/h7-13H,5-6,14-15H2,1-4H3,(H,22,24). The molecule has 1 amide bonds. The van der Waals surface area contributed by atoms with Gasteiger partial charge in [0.2, 0.25) is 5.91 Å². The molecule has 0 aliphatic rings. The average Bonchev–Trinajstić information content (AvgIpc) is 2.68. The fraction of sp³-hybridized carbons (Fsp3) is 0.381. The van der Waals surface area contributed by atoms with Crippen molar-refractivity contribution in [3.05, 3.63) is 53.6 Å². The van der Waals surface area contributed by atoms with Crippen LogP contribution in [0.2, 0.25) is 0 Å². The van der Waals surface area contributed by atoms with Gasteiger partial charge in [0.05, 0.1) is 20.6 Å². The molecule has 5 heteroatoms. The average molecular weight is 356 g/mol. The molecule has 0 heterocycles. The molecule has 0 aliphatic heterocycles. The Balaban J connectivity index is 1.90. The summed E-state index contributed by atoms with van der Waals surface area (Å²) in [6.07, 6.45) is 0.303. The zero-order valence-electron chi connectivity index (χ0n) is 16.0. The van der Waals surface area contributed by atoms with Crippen molar-refractivity contribution in [3.63, 3.8) is 0 Å². The van der Waals surface area contributed by atoms with E-state index >= 15 is 0 Å². The van der Waals surface area contributed by atoms with Crippen LogP contribution < -0.4 is 19.7 Å². The third kappa shape index (κ3) is 5.15. The maximum absolute atomic E-state index is 12.2. The van der Waals surface area contributed by atoms with E-state index in [-0.39, 0.29) is 5.91 Å². The second kappa shape index (κ2) is 9.70. The number of rotatable bonds is 9. The summed E-state index contributed by atoms with van der Waals surface area (Å²) in [5.74, 6) is 1.26. The number of benzene rings is 2. The van der Waals surface area contributed by atoms with Gasteiger partial charge < -0.3 is 19.7 Å². The predicted molar refractivity (Wildman–Crippen MR) is 105 cm³/mol. The fourth-order valence-electron chi connectivity index (χ4n) is 2.85. The third-order valence-electron chi connectivity index (χ3n) is 4.37. The molecule has 140 valence electrons. The van der Waals surface area contributed by atoms with Crippen molar-refractivity contribution in [2.75, 3.05) is 32.2 Å². The molecule has 0 radical (unpaired) electrons. The van der Waals surface area contributed by atoms with Gasteiger partial charge in [-0.3, -0.25) is 4.79 Å². The zero-order valence-corrected chi connectivity index (χ0v) is 16.0. The van der Waals surface area contributed by atoms with Gasteiger partial charge in [-0.1, -0.05) is 18.2 Å². The number of anilines is 1. The number of ether oxygens (including phenoxy) is 2. The minimum Gasteiger partial charge on any atom is -0.493 e. The van der Waals surface area contributed by atoms with Crippen LogP contribution in [-0.4, -0.2) is 33.2 Å². The highest BCUT2D eigenvalue weighted by Gasteiger charge is 2.08. The first-order valence-electron chi connectivity index (χ1n) is 8.92. The molecule has 0 bridgehead atoms. The van der Waals surface area contributed by atoms with Crippen molar-refractivity contribution in [1.29, 1.82) is 0 Å². The molecule has 0 saturated carbocycles. The summed E-state index contributed by atoms with van der Waals surface area (Å²) in [4.78, 5) is 14.5. The number of amides is 1. The molecule has 2 aromatic rings. The Bertz CT molecular complexity index is 710. The Hall–Kier alpha value is -2.69. The molecule has 0 spiro atoms. The number of nitrogens with zero attached hydrogens (tertiary/aromatic N) is 1. The predicted octanol–water partition coefficient (Wildman–Crippen LogP) is 3.41. The van der Waals surface area contributed by atoms with E-state index in [2.05, 4.69) is 48.3 Å². The second-order valence-corrected chi connectivity index (χ2v) is 5.98. The Morgan fingerprint density at radius 3 is 2.12 bits per heavy atom. The summed E-state index contributed by atoms with van der Waals surface area (Å²) in [5, 5.41) is 2.97.